The van der Waals surface area contributed by atoms with Gasteiger partial charge in [0.05, 0.1) is 11.3 Å². The third kappa shape index (κ3) is 3.96. The van der Waals surface area contributed by atoms with E-state index in [0.29, 0.717) is 23.4 Å². The molecule has 24 heavy (non-hydrogen) atoms. The van der Waals surface area contributed by atoms with Gasteiger partial charge in [-0.15, -0.1) is 11.8 Å². The van der Waals surface area contributed by atoms with Gasteiger partial charge in [0.1, 0.15) is 0 Å². The predicted octanol–water partition coefficient (Wildman–Crippen LogP) is 2.35. The van der Waals surface area contributed by atoms with E-state index in [1.165, 1.54) is 0 Å². The van der Waals surface area contributed by atoms with Crippen LogP contribution in [-0.4, -0.2) is 47.6 Å². The first-order chi connectivity index (χ1) is 11.7. The highest BCUT2D eigenvalue weighted by molar-refractivity contribution is 7.98. The van der Waals surface area contributed by atoms with Crippen LogP contribution in [0.2, 0.25) is 0 Å². The third-order valence-electron chi connectivity index (χ3n) is 4.10. The lowest BCUT2D eigenvalue weighted by Crippen LogP contribution is -2.30. The number of hydrogen-bond acceptors (Lipinski definition) is 6. The third-order valence-corrected chi connectivity index (χ3v) is 5.16. The average Bonchev–Trinajstić information content (AvgIpc) is 3.22. The van der Waals surface area contributed by atoms with Gasteiger partial charge < -0.3 is 14.7 Å². The molecular formula is C17H22N4O2S. The Kier molecular flexibility index (Phi) is 5.52. The first kappa shape index (κ1) is 17.0. The van der Waals surface area contributed by atoms with Gasteiger partial charge >= 0.3 is 0 Å². The Hall–Kier alpha value is -1.86. The Labute approximate surface area is 146 Å². The van der Waals surface area contributed by atoms with Gasteiger partial charge in [-0.1, -0.05) is 17.3 Å². The molecule has 0 radical (unpaired) electrons. The summed E-state index contributed by atoms with van der Waals surface area (Å²) in [7, 11) is 1.95. The van der Waals surface area contributed by atoms with Crippen molar-refractivity contribution in [1.29, 1.82) is 0 Å². The van der Waals surface area contributed by atoms with E-state index in [4.69, 9.17) is 4.52 Å². The van der Waals surface area contributed by atoms with Crippen LogP contribution in [0.15, 0.2) is 33.7 Å². The molecule has 0 bridgehead atoms. The van der Waals surface area contributed by atoms with E-state index < -0.39 is 0 Å². The number of benzene rings is 1. The maximum absolute atomic E-state index is 12.9. The Bertz CT molecular complexity index is 703. The topological polar surface area (TPSA) is 71.3 Å². The number of aryl methyl sites for hydroxylation is 1. The molecule has 1 unspecified atom stereocenters. The summed E-state index contributed by atoms with van der Waals surface area (Å²) in [5.74, 6) is 2.42. The van der Waals surface area contributed by atoms with Crippen molar-refractivity contribution in [3.8, 4) is 0 Å². The average molecular weight is 346 g/mol. The van der Waals surface area contributed by atoms with Gasteiger partial charge in [-0.2, -0.15) is 4.98 Å². The van der Waals surface area contributed by atoms with Crippen LogP contribution >= 0.6 is 11.8 Å². The van der Waals surface area contributed by atoms with E-state index in [1.54, 1.807) is 18.7 Å². The summed E-state index contributed by atoms with van der Waals surface area (Å²) in [6.07, 6.45) is 1.06. The number of carbonyl (C=O) groups is 1. The molecule has 1 amide bonds. The van der Waals surface area contributed by atoms with Crippen LogP contribution in [0.5, 0.6) is 0 Å². The van der Waals surface area contributed by atoms with Gasteiger partial charge in [0.15, 0.2) is 5.82 Å². The number of likely N-dealkylation sites (tertiary alicyclic amines) is 1. The van der Waals surface area contributed by atoms with E-state index in [2.05, 4.69) is 15.5 Å². The second-order valence-corrected chi connectivity index (χ2v) is 7.00. The number of thioether (sulfide) groups is 1. The van der Waals surface area contributed by atoms with Crippen LogP contribution in [0.1, 0.15) is 28.5 Å². The molecule has 1 aromatic carbocycles. The minimum atomic E-state index is 0.110. The van der Waals surface area contributed by atoms with Crippen molar-refractivity contribution in [3.05, 3.63) is 41.5 Å². The first-order valence-electron chi connectivity index (χ1n) is 8.12. The van der Waals surface area contributed by atoms with Crippen molar-refractivity contribution in [2.24, 2.45) is 5.92 Å². The number of rotatable bonds is 6. The lowest BCUT2D eigenvalue weighted by Gasteiger charge is -2.18. The molecule has 1 aliphatic rings. The van der Waals surface area contributed by atoms with Crippen molar-refractivity contribution in [2.45, 2.75) is 24.0 Å². The molecule has 1 N–H and O–H groups in total. The van der Waals surface area contributed by atoms with Gasteiger partial charge in [-0.3, -0.25) is 4.79 Å². The zero-order valence-electron chi connectivity index (χ0n) is 14.0. The van der Waals surface area contributed by atoms with E-state index in [0.717, 1.165) is 36.5 Å². The maximum Gasteiger partial charge on any atom is 0.254 e. The zero-order valence-corrected chi connectivity index (χ0v) is 14.8. The second kappa shape index (κ2) is 7.81. The number of amides is 1. The highest BCUT2D eigenvalue weighted by Crippen LogP contribution is 2.28. The lowest BCUT2D eigenvalue weighted by molar-refractivity contribution is 0.0784. The molecular weight excluding hydrogens is 324 g/mol. The summed E-state index contributed by atoms with van der Waals surface area (Å²) in [4.78, 5) is 20.0. The molecule has 6 nitrogen and oxygen atoms in total. The highest BCUT2D eigenvalue weighted by atomic mass is 32.2. The molecule has 0 aliphatic carbocycles. The fraction of sp³-hybridized carbons (Fsp3) is 0.471. The highest BCUT2D eigenvalue weighted by Gasteiger charge is 2.27. The van der Waals surface area contributed by atoms with Crippen LogP contribution in [0.3, 0.4) is 0 Å². The van der Waals surface area contributed by atoms with Gasteiger partial charge in [0.2, 0.25) is 5.89 Å². The number of nitrogens with one attached hydrogen (secondary N) is 1. The minimum Gasteiger partial charge on any atom is -0.338 e. The smallest absolute Gasteiger partial charge is 0.254 e. The van der Waals surface area contributed by atoms with Gasteiger partial charge in [-0.25, -0.2) is 0 Å². The Balaban J connectivity index is 1.68. The molecule has 7 heteroatoms. The van der Waals surface area contributed by atoms with Crippen LogP contribution in [0.25, 0.3) is 0 Å². The van der Waals surface area contributed by atoms with Gasteiger partial charge in [0, 0.05) is 18.0 Å². The number of hydrogen-bond donors (Lipinski definition) is 1. The minimum absolute atomic E-state index is 0.110. The lowest BCUT2D eigenvalue weighted by atomic mass is 10.1. The summed E-state index contributed by atoms with van der Waals surface area (Å²) in [5, 5.41) is 6.99. The molecule has 2 heterocycles. The van der Waals surface area contributed by atoms with Crippen LogP contribution < -0.4 is 5.32 Å². The predicted molar refractivity (Wildman–Crippen MR) is 93.0 cm³/mol. The normalized spacial score (nSPS) is 17.4. The van der Waals surface area contributed by atoms with Gasteiger partial charge in [-0.05, 0) is 45.0 Å². The molecule has 128 valence electrons. The van der Waals surface area contributed by atoms with Crippen LogP contribution in [-0.2, 0) is 5.75 Å². The largest absolute Gasteiger partial charge is 0.338 e. The molecule has 1 atom stereocenters. The summed E-state index contributed by atoms with van der Waals surface area (Å²) in [5.41, 5.74) is 0.754. The van der Waals surface area contributed by atoms with Crippen LogP contribution in [0.4, 0.5) is 0 Å². The number of nitrogens with zero attached hydrogens (tertiary/aromatic N) is 3. The van der Waals surface area contributed by atoms with E-state index in [1.807, 2.05) is 36.2 Å². The molecule has 3 rings (SSSR count). The zero-order chi connectivity index (χ0) is 16.9. The Morgan fingerprint density at radius 1 is 1.46 bits per heavy atom. The fourth-order valence-corrected chi connectivity index (χ4v) is 3.83. The Morgan fingerprint density at radius 2 is 2.29 bits per heavy atom. The SMILES string of the molecule is CNCC1CCN(C(=O)c2ccccc2SCc2nc(C)no2)C1. The van der Waals surface area contributed by atoms with E-state index >= 15 is 0 Å². The number of aromatic nitrogens is 2. The molecule has 1 fully saturated rings. The Morgan fingerprint density at radius 3 is 3.04 bits per heavy atom. The standard InChI is InChI=1S/C17H22N4O2S/c1-12-19-16(23-20-12)11-24-15-6-4-3-5-14(15)17(22)21-8-7-13(10-21)9-18-2/h3-6,13,18H,7-11H2,1-2H3. The van der Waals surface area contributed by atoms with E-state index in [9.17, 15) is 4.79 Å². The van der Waals surface area contributed by atoms with Crippen molar-refractivity contribution in [1.82, 2.24) is 20.4 Å². The molecule has 2 aromatic rings. The summed E-state index contributed by atoms with van der Waals surface area (Å²) >= 11 is 1.56. The molecule has 0 spiro atoms. The number of carbonyl (C=O) groups excluding carboxylic acids is 1. The van der Waals surface area contributed by atoms with Crippen molar-refractivity contribution >= 4 is 17.7 Å². The fourth-order valence-electron chi connectivity index (χ4n) is 2.95. The summed E-state index contributed by atoms with van der Waals surface area (Å²) in [6, 6.07) is 7.73. The van der Waals surface area contributed by atoms with Gasteiger partial charge in [0.25, 0.3) is 5.91 Å². The molecule has 1 saturated heterocycles. The molecule has 0 saturated carbocycles. The summed E-state index contributed by atoms with van der Waals surface area (Å²) < 4.78 is 5.14. The van der Waals surface area contributed by atoms with Crippen molar-refractivity contribution < 1.29 is 9.32 Å². The van der Waals surface area contributed by atoms with Crippen molar-refractivity contribution in [2.75, 3.05) is 26.7 Å². The maximum atomic E-state index is 12.9. The van der Waals surface area contributed by atoms with Crippen molar-refractivity contribution in [3.63, 3.8) is 0 Å². The molecule has 1 aromatic heterocycles. The first-order valence-corrected chi connectivity index (χ1v) is 9.11. The van der Waals surface area contributed by atoms with Crippen LogP contribution in [0, 0.1) is 12.8 Å². The quantitative estimate of drug-likeness (QED) is 0.810. The summed E-state index contributed by atoms with van der Waals surface area (Å²) in [6.45, 7) is 4.40. The monoisotopic (exact) mass is 346 g/mol. The van der Waals surface area contributed by atoms with E-state index in [-0.39, 0.29) is 5.91 Å². The second-order valence-electron chi connectivity index (χ2n) is 5.98. The molecule has 1 aliphatic heterocycles.